The van der Waals surface area contributed by atoms with E-state index in [2.05, 4.69) is 0 Å². The Bertz CT molecular complexity index is 433. The van der Waals surface area contributed by atoms with Gasteiger partial charge in [0, 0.05) is 10.6 Å². The fourth-order valence-corrected chi connectivity index (χ4v) is 1.99. The van der Waals surface area contributed by atoms with Crippen LogP contribution in [0.3, 0.4) is 0 Å². The number of ether oxygens (including phenoxy) is 2. The van der Waals surface area contributed by atoms with E-state index in [4.69, 9.17) is 32.7 Å². The van der Waals surface area contributed by atoms with Crippen LogP contribution in [0.25, 0.3) is 0 Å². The number of rotatable bonds is 7. The third-order valence-corrected chi connectivity index (χ3v) is 3.02. The third kappa shape index (κ3) is 5.49. The third-order valence-electron chi connectivity index (χ3n) is 2.47. The molecule has 106 valence electrons. The summed E-state index contributed by atoms with van der Waals surface area (Å²) >= 11 is 11.8. The van der Waals surface area contributed by atoms with Crippen LogP contribution in [0.1, 0.15) is 31.1 Å². The van der Waals surface area contributed by atoms with E-state index in [-0.39, 0.29) is 11.9 Å². The first kappa shape index (κ1) is 16.4. The highest BCUT2D eigenvalue weighted by Gasteiger charge is 2.18. The van der Waals surface area contributed by atoms with Gasteiger partial charge in [0.15, 0.2) is 5.78 Å². The minimum Gasteiger partial charge on any atom is -0.376 e. The molecule has 0 radical (unpaired) electrons. The fraction of sp³-hybridized carbons (Fsp3) is 0.500. The highest BCUT2D eigenvalue weighted by Crippen LogP contribution is 2.22. The van der Waals surface area contributed by atoms with E-state index in [0.29, 0.717) is 28.8 Å². The number of halogens is 2. The standard InChI is InChI=1S/C14H18Cl2O3/c1-9(2)18-6-7-19-10(3)14(17)12-5-4-11(15)8-13(12)16/h4-5,8-10H,6-7H2,1-3H3. The first-order valence-corrected chi connectivity index (χ1v) is 6.90. The quantitative estimate of drug-likeness (QED) is 0.564. The fourth-order valence-electron chi connectivity index (χ4n) is 1.49. The van der Waals surface area contributed by atoms with Crippen molar-refractivity contribution in [2.45, 2.75) is 33.0 Å². The van der Waals surface area contributed by atoms with Crippen LogP contribution in [0.15, 0.2) is 18.2 Å². The molecular formula is C14H18Cl2O3. The first-order valence-electron chi connectivity index (χ1n) is 6.14. The van der Waals surface area contributed by atoms with E-state index in [1.165, 1.54) is 0 Å². The van der Waals surface area contributed by atoms with Crippen molar-refractivity contribution >= 4 is 29.0 Å². The molecule has 0 spiro atoms. The number of hydrogen-bond acceptors (Lipinski definition) is 3. The lowest BCUT2D eigenvalue weighted by molar-refractivity contribution is -0.00175. The van der Waals surface area contributed by atoms with Crippen LogP contribution < -0.4 is 0 Å². The Labute approximate surface area is 123 Å². The molecule has 1 aromatic carbocycles. The molecule has 3 nitrogen and oxygen atoms in total. The Kier molecular flexibility index (Phi) is 6.80. The molecule has 1 rings (SSSR count). The largest absolute Gasteiger partial charge is 0.376 e. The van der Waals surface area contributed by atoms with Crippen molar-refractivity contribution < 1.29 is 14.3 Å². The zero-order valence-corrected chi connectivity index (χ0v) is 12.8. The van der Waals surface area contributed by atoms with Crippen molar-refractivity contribution in [1.82, 2.24) is 0 Å². The van der Waals surface area contributed by atoms with Crippen molar-refractivity contribution in [2.24, 2.45) is 0 Å². The molecule has 19 heavy (non-hydrogen) atoms. The summed E-state index contributed by atoms with van der Waals surface area (Å²) in [4.78, 5) is 12.1. The Morgan fingerprint density at radius 1 is 1.16 bits per heavy atom. The molecular weight excluding hydrogens is 287 g/mol. The van der Waals surface area contributed by atoms with E-state index in [1.807, 2.05) is 13.8 Å². The lowest BCUT2D eigenvalue weighted by Crippen LogP contribution is -2.23. The Morgan fingerprint density at radius 3 is 2.37 bits per heavy atom. The molecule has 5 heteroatoms. The van der Waals surface area contributed by atoms with Crippen LogP contribution >= 0.6 is 23.2 Å². The lowest BCUT2D eigenvalue weighted by Gasteiger charge is -2.14. The zero-order valence-electron chi connectivity index (χ0n) is 11.3. The van der Waals surface area contributed by atoms with E-state index < -0.39 is 6.10 Å². The highest BCUT2D eigenvalue weighted by molar-refractivity contribution is 6.37. The summed E-state index contributed by atoms with van der Waals surface area (Å²) in [7, 11) is 0. The molecule has 1 unspecified atom stereocenters. The van der Waals surface area contributed by atoms with Crippen LogP contribution in [-0.4, -0.2) is 31.2 Å². The van der Waals surface area contributed by atoms with E-state index in [0.717, 1.165) is 0 Å². The topological polar surface area (TPSA) is 35.5 Å². The van der Waals surface area contributed by atoms with Gasteiger partial charge in [-0.1, -0.05) is 23.2 Å². The first-order chi connectivity index (χ1) is 8.91. The van der Waals surface area contributed by atoms with Crippen LogP contribution in [0.4, 0.5) is 0 Å². The van der Waals surface area contributed by atoms with Gasteiger partial charge in [0.1, 0.15) is 6.10 Å². The van der Waals surface area contributed by atoms with Crippen molar-refractivity contribution in [2.75, 3.05) is 13.2 Å². The number of ketones is 1. The molecule has 0 N–H and O–H groups in total. The smallest absolute Gasteiger partial charge is 0.192 e. The molecule has 0 aliphatic rings. The molecule has 0 aromatic heterocycles. The van der Waals surface area contributed by atoms with Gasteiger partial charge in [-0.05, 0) is 39.0 Å². The second-order valence-corrected chi connectivity index (χ2v) is 5.26. The van der Waals surface area contributed by atoms with E-state index in [9.17, 15) is 4.79 Å². The number of carbonyl (C=O) groups is 1. The van der Waals surface area contributed by atoms with Gasteiger partial charge in [-0.3, -0.25) is 4.79 Å². The van der Waals surface area contributed by atoms with Gasteiger partial charge < -0.3 is 9.47 Å². The summed E-state index contributed by atoms with van der Waals surface area (Å²) in [5.41, 5.74) is 0.420. The number of hydrogen-bond donors (Lipinski definition) is 0. The molecule has 0 amide bonds. The SMILES string of the molecule is CC(C)OCCOC(C)C(=O)c1ccc(Cl)cc1Cl. The predicted octanol–water partition coefficient (Wildman–Crippen LogP) is 4.01. The average molecular weight is 305 g/mol. The minimum absolute atomic E-state index is 0.153. The van der Waals surface area contributed by atoms with Crippen LogP contribution in [0.2, 0.25) is 10.0 Å². The number of carbonyl (C=O) groups excluding carboxylic acids is 1. The van der Waals surface area contributed by atoms with Gasteiger partial charge in [-0.25, -0.2) is 0 Å². The summed E-state index contributed by atoms with van der Waals surface area (Å²) in [6, 6.07) is 4.79. The normalized spacial score (nSPS) is 12.7. The van der Waals surface area contributed by atoms with Crippen molar-refractivity contribution in [1.29, 1.82) is 0 Å². The second kappa shape index (κ2) is 7.85. The predicted molar refractivity (Wildman–Crippen MR) is 77.3 cm³/mol. The number of Topliss-reactive ketones (excluding diaryl/α,β-unsaturated/α-hetero) is 1. The molecule has 1 atom stereocenters. The Hall–Kier alpha value is -0.610. The van der Waals surface area contributed by atoms with Gasteiger partial charge >= 0.3 is 0 Å². The van der Waals surface area contributed by atoms with Crippen molar-refractivity contribution in [3.05, 3.63) is 33.8 Å². The lowest BCUT2D eigenvalue weighted by atomic mass is 10.1. The van der Waals surface area contributed by atoms with Gasteiger partial charge in [0.25, 0.3) is 0 Å². The Morgan fingerprint density at radius 2 is 1.79 bits per heavy atom. The molecule has 0 bridgehead atoms. The molecule has 0 aliphatic carbocycles. The minimum atomic E-state index is -0.561. The summed E-state index contributed by atoms with van der Waals surface area (Å²) in [6.45, 7) is 6.42. The summed E-state index contributed by atoms with van der Waals surface area (Å²) in [5.74, 6) is -0.161. The highest BCUT2D eigenvalue weighted by atomic mass is 35.5. The van der Waals surface area contributed by atoms with Crippen LogP contribution in [0, 0.1) is 0 Å². The molecule has 0 saturated carbocycles. The summed E-state index contributed by atoms with van der Waals surface area (Å²) in [6.07, 6.45) is -0.408. The van der Waals surface area contributed by atoms with Gasteiger partial charge in [-0.2, -0.15) is 0 Å². The molecule has 0 aliphatic heterocycles. The van der Waals surface area contributed by atoms with E-state index in [1.54, 1.807) is 25.1 Å². The maximum Gasteiger partial charge on any atom is 0.192 e. The monoisotopic (exact) mass is 304 g/mol. The van der Waals surface area contributed by atoms with E-state index >= 15 is 0 Å². The summed E-state index contributed by atoms with van der Waals surface area (Å²) < 4.78 is 10.8. The average Bonchev–Trinajstić information content (AvgIpc) is 2.33. The molecule has 0 saturated heterocycles. The molecule has 1 aromatic rings. The van der Waals surface area contributed by atoms with Gasteiger partial charge in [0.05, 0.1) is 24.3 Å². The summed E-state index contributed by atoms with van der Waals surface area (Å²) in [5, 5.41) is 0.840. The van der Waals surface area contributed by atoms with Crippen LogP contribution in [-0.2, 0) is 9.47 Å². The zero-order chi connectivity index (χ0) is 14.4. The van der Waals surface area contributed by atoms with Crippen LogP contribution in [0.5, 0.6) is 0 Å². The van der Waals surface area contributed by atoms with Gasteiger partial charge in [0.2, 0.25) is 0 Å². The maximum atomic E-state index is 12.1. The number of benzene rings is 1. The van der Waals surface area contributed by atoms with Gasteiger partial charge in [-0.15, -0.1) is 0 Å². The second-order valence-electron chi connectivity index (χ2n) is 4.42. The molecule has 0 heterocycles. The maximum absolute atomic E-state index is 12.1. The Balaban J connectivity index is 2.52. The van der Waals surface area contributed by atoms with Crippen molar-refractivity contribution in [3.63, 3.8) is 0 Å². The molecule has 0 fully saturated rings. The van der Waals surface area contributed by atoms with Crippen molar-refractivity contribution in [3.8, 4) is 0 Å².